The fourth-order valence-corrected chi connectivity index (χ4v) is 4.86. The topological polar surface area (TPSA) is 88.2 Å². The third-order valence-corrected chi connectivity index (χ3v) is 6.93. The normalized spacial score (nSPS) is 11.3. The molecule has 152 valence electrons. The molecule has 0 saturated carbocycles. The molecule has 0 saturated heterocycles. The lowest BCUT2D eigenvalue weighted by atomic mass is 10.2. The summed E-state index contributed by atoms with van der Waals surface area (Å²) >= 11 is 7.22. The number of amides is 1. The van der Waals surface area contributed by atoms with Crippen LogP contribution in [0.5, 0.6) is 0 Å². The second-order valence-electron chi connectivity index (χ2n) is 6.39. The number of nitrogens with zero attached hydrogens (tertiary/aromatic N) is 1. The molecule has 0 aliphatic rings. The number of aromatic nitrogens is 1. The van der Waals surface area contributed by atoms with Crippen LogP contribution in [0.3, 0.4) is 0 Å². The van der Waals surface area contributed by atoms with E-state index in [1.54, 1.807) is 50.2 Å². The molecule has 0 radical (unpaired) electrons. The van der Waals surface area contributed by atoms with Crippen LogP contribution in [0.4, 0.5) is 11.4 Å². The first kappa shape index (κ1) is 21.3. The van der Waals surface area contributed by atoms with Crippen LogP contribution >= 0.6 is 22.9 Å². The van der Waals surface area contributed by atoms with Crippen molar-refractivity contribution in [2.45, 2.75) is 20.3 Å². The second kappa shape index (κ2) is 8.94. The van der Waals surface area contributed by atoms with Gasteiger partial charge in [-0.25, -0.2) is 13.4 Å². The van der Waals surface area contributed by atoms with E-state index in [2.05, 4.69) is 15.0 Å². The summed E-state index contributed by atoms with van der Waals surface area (Å²) in [6.45, 7) is 3.59. The molecule has 3 rings (SSSR count). The van der Waals surface area contributed by atoms with Gasteiger partial charge in [0, 0.05) is 22.0 Å². The summed E-state index contributed by atoms with van der Waals surface area (Å²) in [6, 6.07) is 13.8. The molecule has 0 aliphatic carbocycles. The lowest BCUT2D eigenvalue weighted by Gasteiger charge is -2.08. The van der Waals surface area contributed by atoms with Crippen molar-refractivity contribution in [1.82, 2.24) is 4.98 Å². The van der Waals surface area contributed by atoms with Crippen molar-refractivity contribution in [3.8, 4) is 10.6 Å². The van der Waals surface area contributed by atoms with Crippen LogP contribution < -0.4 is 10.0 Å². The van der Waals surface area contributed by atoms with E-state index in [1.807, 2.05) is 12.1 Å². The van der Waals surface area contributed by atoms with Gasteiger partial charge in [0.2, 0.25) is 10.0 Å². The second-order valence-corrected chi connectivity index (χ2v) is 9.67. The molecule has 0 spiro atoms. The monoisotopic (exact) mass is 449 g/mol. The molecule has 0 fully saturated rings. The number of hydrogen-bond donors (Lipinski definition) is 2. The van der Waals surface area contributed by atoms with Gasteiger partial charge >= 0.3 is 0 Å². The molecule has 0 unspecified atom stereocenters. The zero-order valence-electron chi connectivity index (χ0n) is 15.9. The molecular weight excluding hydrogens is 430 g/mol. The molecular formula is C20H20ClN3O3S2. The van der Waals surface area contributed by atoms with Crippen LogP contribution in [0, 0.1) is 6.92 Å². The van der Waals surface area contributed by atoms with Gasteiger partial charge in [0.25, 0.3) is 5.91 Å². The van der Waals surface area contributed by atoms with Gasteiger partial charge in [-0.15, -0.1) is 11.3 Å². The summed E-state index contributed by atoms with van der Waals surface area (Å²) in [5.41, 5.74) is 2.55. The molecule has 9 heteroatoms. The van der Waals surface area contributed by atoms with Crippen molar-refractivity contribution in [1.29, 1.82) is 0 Å². The number of benzene rings is 2. The molecule has 29 heavy (non-hydrogen) atoms. The first-order chi connectivity index (χ1) is 13.8. The van der Waals surface area contributed by atoms with E-state index in [-0.39, 0.29) is 11.7 Å². The van der Waals surface area contributed by atoms with Crippen molar-refractivity contribution in [2.75, 3.05) is 15.8 Å². The fourth-order valence-electron chi connectivity index (χ4n) is 2.63. The molecule has 1 aromatic heterocycles. The Morgan fingerprint density at radius 2 is 1.69 bits per heavy atom. The molecule has 2 aromatic carbocycles. The summed E-state index contributed by atoms with van der Waals surface area (Å²) in [4.78, 5) is 17.7. The van der Waals surface area contributed by atoms with E-state index in [0.717, 1.165) is 10.6 Å². The number of hydrogen-bond acceptors (Lipinski definition) is 5. The van der Waals surface area contributed by atoms with Gasteiger partial charge in [-0.1, -0.05) is 30.7 Å². The summed E-state index contributed by atoms with van der Waals surface area (Å²) in [5.74, 6) is -0.203. The van der Waals surface area contributed by atoms with Gasteiger partial charge < -0.3 is 5.32 Å². The van der Waals surface area contributed by atoms with Crippen LogP contribution in [-0.4, -0.2) is 25.1 Å². The Morgan fingerprint density at radius 1 is 1.07 bits per heavy atom. The number of sulfonamides is 1. The zero-order chi connectivity index (χ0) is 21.0. The Balaban J connectivity index is 1.71. The first-order valence-corrected chi connectivity index (χ1v) is 11.8. The Hall–Kier alpha value is -2.42. The van der Waals surface area contributed by atoms with Crippen molar-refractivity contribution in [3.63, 3.8) is 0 Å². The van der Waals surface area contributed by atoms with E-state index in [1.165, 1.54) is 11.3 Å². The van der Waals surface area contributed by atoms with Gasteiger partial charge in [-0.3, -0.25) is 9.52 Å². The van der Waals surface area contributed by atoms with Gasteiger partial charge in [-0.2, -0.15) is 0 Å². The van der Waals surface area contributed by atoms with E-state index < -0.39 is 10.0 Å². The average Bonchev–Trinajstić information content (AvgIpc) is 3.05. The third-order valence-electron chi connectivity index (χ3n) is 3.98. The number of aryl methyl sites for hydroxylation is 1. The van der Waals surface area contributed by atoms with E-state index in [4.69, 9.17) is 11.6 Å². The smallest absolute Gasteiger partial charge is 0.267 e. The van der Waals surface area contributed by atoms with Crippen LogP contribution in [0.2, 0.25) is 5.02 Å². The molecule has 0 aliphatic heterocycles. The van der Waals surface area contributed by atoms with Crippen LogP contribution in [0.25, 0.3) is 10.6 Å². The first-order valence-electron chi connectivity index (χ1n) is 8.92. The van der Waals surface area contributed by atoms with Crippen LogP contribution in [0.15, 0.2) is 48.5 Å². The van der Waals surface area contributed by atoms with Crippen molar-refractivity contribution < 1.29 is 13.2 Å². The Kier molecular flexibility index (Phi) is 6.56. The maximum atomic E-state index is 12.7. The minimum atomic E-state index is -3.35. The minimum Gasteiger partial charge on any atom is -0.321 e. The fraction of sp³-hybridized carbons (Fsp3) is 0.200. The van der Waals surface area contributed by atoms with Gasteiger partial charge in [0.1, 0.15) is 9.88 Å². The number of nitrogens with one attached hydrogen (secondary N) is 2. The van der Waals surface area contributed by atoms with Gasteiger partial charge in [-0.05, 0) is 49.7 Å². The highest BCUT2D eigenvalue weighted by molar-refractivity contribution is 7.92. The highest BCUT2D eigenvalue weighted by Crippen LogP contribution is 2.29. The van der Waals surface area contributed by atoms with Gasteiger partial charge in [0.15, 0.2) is 0 Å². The van der Waals surface area contributed by atoms with Crippen molar-refractivity contribution >= 4 is 50.2 Å². The standard InChI is InChI=1S/C20H20ClN3O3S2/c1-3-12-29(26,27)24-17-10-8-16(9-11-17)23-19(25)18-13(2)22-20(28-18)14-4-6-15(21)7-5-14/h4-11,24H,3,12H2,1-2H3,(H,23,25). The summed E-state index contributed by atoms with van der Waals surface area (Å²) < 4.78 is 26.2. The van der Waals surface area contributed by atoms with Gasteiger partial charge in [0.05, 0.1) is 11.4 Å². The summed E-state index contributed by atoms with van der Waals surface area (Å²) in [6.07, 6.45) is 0.537. The van der Waals surface area contributed by atoms with Crippen molar-refractivity contribution in [2.24, 2.45) is 0 Å². The minimum absolute atomic E-state index is 0.0616. The third kappa shape index (κ3) is 5.56. The molecule has 1 amide bonds. The zero-order valence-corrected chi connectivity index (χ0v) is 18.3. The molecule has 1 heterocycles. The Bertz CT molecular complexity index is 1110. The molecule has 3 aromatic rings. The van der Waals surface area contributed by atoms with E-state index >= 15 is 0 Å². The molecule has 0 bridgehead atoms. The number of carbonyl (C=O) groups excluding carboxylic acids is 1. The summed E-state index contributed by atoms with van der Waals surface area (Å²) in [7, 11) is -3.35. The molecule has 2 N–H and O–H groups in total. The summed E-state index contributed by atoms with van der Waals surface area (Å²) in [5, 5.41) is 4.20. The predicted octanol–water partition coefficient (Wildman–Crippen LogP) is 5.18. The highest BCUT2D eigenvalue weighted by atomic mass is 35.5. The number of halogens is 1. The predicted molar refractivity (Wildman–Crippen MR) is 119 cm³/mol. The number of carbonyl (C=O) groups is 1. The highest BCUT2D eigenvalue weighted by Gasteiger charge is 2.17. The van der Waals surface area contributed by atoms with E-state index in [9.17, 15) is 13.2 Å². The SMILES string of the molecule is CCCS(=O)(=O)Nc1ccc(NC(=O)c2sc(-c3ccc(Cl)cc3)nc2C)cc1. The number of rotatable bonds is 7. The Labute approximate surface area is 179 Å². The Morgan fingerprint density at radius 3 is 2.31 bits per heavy atom. The maximum absolute atomic E-state index is 12.7. The largest absolute Gasteiger partial charge is 0.321 e. The lowest BCUT2D eigenvalue weighted by Crippen LogP contribution is -2.16. The lowest BCUT2D eigenvalue weighted by molar-refractivity contribution is 0.103. The number of anilines is 2. The van der Waals surface area contributed by atoms with Crippen molar-refractivity contribution in [3.05, 3.63) is 64.1 Å². The molecule has 6 nitrogen and oxygen atoms in total. The van der Waals surface area contributed by atoms with E-state index in [0.29, 0.717) is 33.4 Å². The van der Waals surface area contributed by atoms with Crippen LogP contribution in [0.1, 0.15) is 28.7 Å². The number of thiazole rings is 1. The quantitative estimate of drug-likeness (QED) is 0.520. The molecule has 0 atom stereocenters. The average molecular weight is 450 g/mol. The maximum Gasteiger partial charge on any atom is 0.267 e. The van der Waals surface area contributed by atoms with Crippen LogP contribution in [-0.2, 0) is 10.0 Å².